The summed E-state index contributed by atoms with van der Waals surface area (Å²) in [6.07, 6.45) is 0. The van der Waals surface area contributed by atoms with Gasteiger partial charge in [0.25, 0.3) is 0 Å². The third-order valence-electron chi connectivity index (χ3n) is 4.58. The smallest absolute Gasteiger partial charge is 0.335 e. The van der Waals surface area contributed by atoms with Crippen LogP contribution in [0.15, 0.2) is 78.9 Å². The summed E-state index contributed by atoms with van der Waals surface area (Å²) in [5.41, 5.74) is 4.15. The number of carboxylic acid groups (broad SMARTS) is 1. The first-order valence-corrected chi connectivity index (χ1v) is 9.10. The van der Waals surface area contributed by atoms with Crippen molar-refractivity contribution in [3.8, 4) is 11.3 Å². The van der Waals surface area contributed by atoms with E-state index in [-0.39, 0.29) is 5.56 Å². The lowest BCUT2D eigenvalue weighted by atomic mass is 10.1. The number of para-hydroxylation sites is 1. The van der Waals surface area contributed by atoms with E-state index in [9.17, 15) is 9.90 Å². The van der Waals surface area contributed by atoms with E-state index in [1.165, 1.54) is 0 Å². The summed E-state index contributed by atoms with van der Waals surface area (Å²) in [5.74, 6) is -0.275. The number of anilines is 2. The summed E-state index contributed by atoms with van der Waals surface area (Å²) < 4.78 is 0. The molecule has 138 valence electrons. The number of carbonyl (C=O) groups is 1. The Morgan fingerprint density at radius 2 is 1.57 bits per heavy atom. The Kier molecular flexibility index (Phi) is 4.72. The van der Waals surface area contributed by atoms with Crippen LogP contribution in [0.3, 0.4) is 0 Å². The lowest BCUT2D eigenvalue weighted by Crippen LogP contribution is -2.19. The van der Waals surface area contributed by atoms with Crippen molar-refractivity contribution in [3.63, 3.8) is 0 Å². The van der Waals surface area contributed by atoms with Gasteiger partial charge in [0, 0.05) is 17.8 Å². The molecule has 1 heterocycles. The van der Waals surface area contributed by atoms with Gasteiger partial charge in [-0.25, -0.2) is 14.8 Å². The van der Waals surface area contributed by atoms with Gasteiger partial charge in [-0.1, -0.05) is 48.5 Å². The summed E-state index contributed by atoms with van der Waals surface area (Å²) in [6, 6.07) is 24.7. The maximum atomic E-state index is 11.4. The highest BCUT2D eigenvalue weighted by Crippen LogP contribution is 2.33. The second-order valence-corrected chi connectivity index (χ2v) is 6.35. The molecule has 0 amide bonds. The topological polar surface area (TPSA) is 66.3 Å². The third kappa shape index (κ3) is 3.30. The minimum Gasteiger partial charge on any atom is -0.478 e. The fourth-order valence-electron chi connectivity index (χ4n) is 3.22. The van der Waals surface area contributed by atoms with E-state index in [0.717, 1.165) is 16.9 Å². The van der Waals surface area contributed by atoms with E-state index >= 15 is 0 Å². The first-order chi connectivity index (χ1) is 13.7. The van der Waals surface area contributed by atoms with E-state index in [1.54, 1.807) is 18.2 Å². The van der Waals surface area contributed by atoms with Crippen LogP contribution >= 0.6 is 0 Å². The number of aromatic carboxylic acids is 1. The average Bonchev–Trinajstić information content (AvgIpc) is 2.74. The van der Waals surface area contributed by atoms with Crippen molar-refractivity contribution in [2.75, 3.05) is 11.4 Å². The SMILES string of the molecule is CCN(c1ccccc1)c1nc2cc(C(=O)O)ccc2nc1-c1ccccc1. The standard InChI is InChI=1S/C23H19N3O2/c1-2-26(18-11-7-4-8-12-18)22-21(16-9-5-3-6-10-16)24-19-14-13-17(23(27)28)15-20(19)25-22/h3-15H,2H2,1H3,(H,27,28). The van der Waals surface area contributed by atoms with E-state index in [2.05, 4.69) is 11.8 Å². The van der Waals surface area contributed by atoms with Crippen molar-refractivity contribution in [2.45, 2.75) is 6.92 Å². The Bertz CT molecular complexity index is 1130. The Hall–Kier alpha value is -3.73. The summed E-state index contributed by atoms with van der Waals surface area (Å²) in [5, 5.41) is 9.32. The Balaban J connectivity index is 1.98. The highest BCUT2D eigenvalue weighted by Gasteiger charge is 2.18. The van der Waals surface area contributed by atoms with E-state index in [1.807, 2.05) is 60.7 Å². The van der Waals surface area contributed by atoms with Crippen LogP contribution in [0.4, 0.5) is 11.5 Å². The molecule has 1 aromatic heterocycles. The summed E-state index contributed by atoms with van der Waals surface area (Å²) in [7, 11) is 0. The second-order valence-electron chi connectivity index (χ2n) is 6.35. The molecule has 5 nitrogen and oxygen atoms in total. The molecule has 0 saturated heterocycles. The van der Waals surface area contributed by atoms with Crippen LogP contribution in [0.5, 0.6) is 0 Å². The zero-order valence-electron chi connectivity index (χ0n) is 15.4. The van der Waals surface area contributed by atoms with Crippen LogP contribution in [0, 0.1) is 0 Å². The maximum absolute atomic E-state index is 11.4. The number of carboxylic acids is 1. The molecule has 0 aliphatic heterocycles. The van der Waals surface area contributed by atoms with Crippen LogP contribution < -0.4 is 4.90 Å². The van der Waals surface area contributed by atoms with E-state index in [0.29, 0.717) is 23.4 Å². The molecule has 0 atom stereocenters. The molecule has 5 heteroatoms. The molecule has 0 radical (unpaired) electrons. The van der Waals surface area contributed by atoms with Crippen LogP contribution in [0.2, 0.25) is 0 Å². The molecule has 0 spiro atoms. The molecule has 0 fully saturated rings. The van der Waals surface area contributed by atoms with Gasteiger partial charge < -0.3 is 10.0 Å². The number of nitrogens with zero attached hydrogens (tertiary/aromatic N) is 3. The van der Waals surface area contributed by atoms with Crippen molar-refractivity contribution in [3.05, 3.63) is 84.4 Å². The molecule has 28 heavy (non-hydrogen) atoms. The highest BCUT2D eigenvalue weighted by molar-refractivity contribution is 5.93. The molecule has 1 N–H and O–H groups in total. The molecule has 0 aliphatic carbocycles. The van der Waals surface area contributed by atoms with E-state index < -0.39 is 5.97 Å². The van der Waals surface area contributed by atoms with Crippen LogP contribution in [0.1, 0.15) is 17.3 Å². The molecule has 0 saturated carbocycles. The van der Waals surface area contributed by atoms with Crippen molar-refractivity contribution < 1.29 is 9.90 Å². The minimum atomic E-state index is -0.979. The fraction of sp³-hybridized carbons (Fsp3) is 0.0870. The molecule has 0 aliphatic rings. The van der Waals surface area contributed by atoms with Crippen molar-refractivity contribution in [1.82, 2.24) is 9.97 Å². The molecule has 4 aromatic rings. The molecule has 4 rings (SSSR count). The fourth-order valence-corrected chi connectivity index (χ4v) is 3.22. The predicted octanol–water partition coefficient (Wildman–Crippen LogP) is 5.15. The van der Waals surface area contributed by atoms with Gasteiger partial charge in [-0.15, -0.1) is 0 Å². The molecule has 0 unspecified atom stereocenters. The lowest BCUT2D eigenvalue weighted by Gasteiger charge is -2.24. The summed E-state index contributed by atoms with van der Waals surface area (Å²) in [6.45, 7) is 2.75. The summed E-state index contributed by atoms with van der Waals surface area (Å²) in [4.78, 5) is 23.1. The van der Waals surface area contributed by atoms with Gasteiger partial charge in [0.2, 0.25) is 0 Å². The number of benzene rings is 3. The first kappa shape index (κ1) is 17.7. The van der Waals surface area contributed by atoms with Crippen molar-refractivity contribution >= 4 is 28.5 Å². The number of hydrogen-bond acceptors (Lipinski definition) is 4. The van der Waals surface area contributed by atoms with Gasteiger partial charge >= 0.3 is 5.97 Å². The largest absolute Gasteiger partial charge is 0.478 e. The number of rotatable bonds is 5. The van der Waals surface area contributed by atoms with Crippen LogP contribution in [-0.2, 0) is 0 Å². The van der Waals surface area contributed by atoms with Gasteiger partial charge in [0.05, 0.1) is 16.6 Å². The Morgan fingerprint density at radius 1 is 0.893 bits per heavy atom. The maximum Gasteiger partial charge on any atom is 0.335 e. The first-order valence-electron chi connectivity index (χ1n) is 9.10. The second kappa shape index (κ2) is 7.48. The Morgan fingerprint density at radius 3 is 2.21 bits per heavy atom. The Labute approximate surface area is 162 Å². The molecule has 3 aromatic carbocycles. The molecule has 0 bridgehead atoms. The zero-order chi connectivity index (χ0) is 19.5. The van der Waals surface area contributed by atoms with Crippen molar-refractivity contribution in [2.24, 2.45) is 0 Å². The van der Waals surface area contributed by atoms with Gasteiger partial charge in [0.1, 0.15) is 5.69 Å². The van der Waals surface area contributed by atoms with Gasteiger partial charge in [-0.2, -0.15) is 0 Å². The normalized spacial score (nSPS) is 10.8. The number of fused-ring (bicyclic) bond motifs is 1. The van der Waals surface area contributed by atoms with Crippen molar-refractivity contribution in [1.29, 1.82) is 0 Å². The number of aromatic nitrogens is 2. The van der Waals surface area contributed by atoms with Crippen LogP contribution in [0.25, 0.3) is 22.3 Å². The van der Waals surface area contributed by atoms with Crippen LogP contribution in [-0.4, -0.2) is 27.6 Å². The third-order valence-corrected chi connectivity index (χ3v) is 4.58. The lowest BCUT2D eigenvalue weighted by molar-refractivity contribution is 0.0697. The quantitative estimate of drug-likeness (QED) is 0.527. The monoisotopic (exact) mass is 369 g/mol. The van der Waals surface area contributed by atoms with E-state index in [4.69, 9.17) is 9.97 Å². The number of hydrogen-bond donors (Lipinski definition) is 1. The van der Waals surface area contributed by atoms with Gasteiger partial charge in [-0.05, 0) is 37.3 Å². The van der Waals surface area contributed by atoms with Gasteiger partial charge in [-0.3, -0.25) is 0 Å². The minimum absolute atomic E-state index is 0.197. The molecular weight excluding hydrogens is 350 g/mol. The average molecular weight is 369 g/mol. The van der Waals surface area contributed by atoms with Gasteiger partial charge in [0.15, 0.2) is 5.82 Å². The highest BCUT2D eigenvalue weighted by atomic mass is 16.4. The molecular formula is C23H19N3O2. The predicted molar refractivity (Wildman–Crippen MR) is 111 cm³/mol. The zero-order valence-corrected chi connectivity index (χ0v) is 15.4. The summed E-state index contributed by atoms with van der Waals surface area (Å²) >= 11 is 0.